The highest BCUT2D eigenvalue weighted by molar-refractivity contribution is 9.11. The van der Waals surface area contributed by atoms with Gasteiger partial charge in [0.2, 0.25) is 10.0 Å². The Labute approximate surface area is 129 Å². The summed E-state index contributed by atoms with van der Waals surface area (Å²) in [5, 5.41) is 8.96. The summed E-state index contributed by atoms with van der Waals surface area (Å²) >= 11 is 4.04. The number of morpholine rings is 1. The molecule has 1 fully saturated rings. The molecule has 0 saturated carbocycles. The van der Waals surface area contributed by atoms with Gasteiger partial charge in [-0.25, -0.2) is 13.2 Å². The van der Waals surface area contributed by atoms with Crippen molar-refractivity contribution in [2.24, 2.45) is 0 Å². The number of aromatic carboxylic acids is 1. The molecule has 0 amide bonds. The molecule has 1 aromatic heterocycles. The highest BCUT2D eigenvalue weighted by Crippen LogP contribution is 2.36. The van der Waals surface area contributed by atoms with Crippen LogP contribution in [0, 0.1) is 0 Å². The molecular formula is C11H14BrNO5S2. The van der Waals surface area contributed by atoms with E-state index in [9.17, 15) is 13.2 Å². The normalized spacial score (nSPS) is 19.9. The second kappa shape index (κ2) is 5.38. The van der Waals surface area contributed by atoms with E-state index in [1.54, 1.807) is 13.8 Å². The van der Waals surface area contributed by atoms with E-state index in [0.717, 1.165) is 11.3 Å². The maximum Gasteiger partial charge on any atom is 0.345 e. The first-order chi connectivity index (χ1) is 9.16. The number of nitrogens with zero attached hydrogens (tertiary/aromatic N) is 1. The lowest BCUT2D eigenvalue weighted by molar-refractivity contribution is -0.00771. The average molecular weight is 384 g/mol. The zero-order chi connectivity index (χ0) is 15.1. The van der Waals surface area contributed by atoms with Gasteiger partial charge < -0.3 is 9.84 Å². The van der Waals surface area contributed by atoms with E-state index in [2.05, 4.69) is 15.9 Å². The molecule has 1 aromatic rings. The molecule has 9 heteroatoms. The second-order valence-corrected chi connectivity index (χ2v) is 9.20. The van der Waals surface area contributed by atoms with Crippen LogP contribution in [0.1, 0.15) is 23.5 Å². The van der Waals surface area contributed by atoms with E-state index in [0.29, 0.717) is 17.0 Å². The molecule has 0 radical (unpaired) electrons. The highest BCUT2D eigenvalue weighted by atomic mass is 79.9. The molecule has 0 spiro atoms. The van der Waals surface area contributed by atoms with Crippen molar-refractivity contribution in [1.82, 2.24) is 4.31 Å². The molecule has 2 heterocycles. The summed E-state index contributed by atoms with van der Waals surface area (Å²) in [4.78, 5) is 10.9. The molecule has 1 saturated heterocycles. The number of carboxylic acids is 1. The fourth-order valence-electron chi connectivity index (χ4n) is 2.04. The molecule has 112 valence electrons. The van der Waals surface area contributed by atoms with Crippen molar-refractivity contribution in [2.45, 2.75) is 24.3 Å². The van der Waals surface area contributed by atoms with Crippen molar-refractivity contribution in [1.29, 1.82) is 0 Å². The second-order valence-electron chi connectivity index (χ2n) is 5.00. The van der Waals surface area contributed by atoms with Crippen LogP contribution in [0.2, 0.25) is 0 Å². The lowest BCUT2D eigenvalue weighted by atomic mass is 10.1. The molecule has 0 bridgehead atoms. The van der Waals surface area contributed by atoms with Crippen molar-refractivity contribution >= 4 is 43.3 Å². The Morgan fingerprint density at radius 2 is 2.20 bits per heavy atom. The van der Waals surface area contributed by atoms with Crippen molar-refractivity contribution in [2.75, 3.05) is 19.8 Å². The number of sulfonamides is 1. The predicted octanol–water partition coefficient (Wildman–Crippen LogP) is 2.01. The molecule has 1 N–H and O–H groups in total. The van der Waals surface area contributed by atoms with Crippen LogP contribution < -0.4 is 0 Å². The molecule has 0 aliphatic carbocycles. The largest absolute Gasteiger partial charge is 0.477 e. The van der Waals surface area contributed by atoms with Gasteiger partial charge in [0.15, 0.2) is 0 Å². The van der Waals surface area contributed by atoms with Gasteiger partial charge in [-0.05, 0) is 35.8 Å². The van der Waals surface area contributed by atoms with E-state index < -0.39 is 21.5 Å². The Balaban J connectivity index is 2.47. The minimum atomic E-state index is -3.76. The zero-order valence-corrected chi connectivity index (χ0v) is 14.1. The van der Waals surface area contributed by atoms with Crippen LogP contribution in [0.4, 0.5) is 0 Å². The van der Waals surface area contributed by atoms with Gasteiger partial charge in [0.25, 0.3) is 0 Å². The number of hydrogen-bond donors (Lipinski definition) is 1. The van der Waals surface area contributed by atoms with Gasteiger partial charge in [-0.15, -0.1) is 11.3 Å². The van der Waals surface area contributed by atoms with E-state index in [1.165, 1.54) is 10.4 Å². The Morgan fingerprint density at radius 3 is 2.70 bits per heavy atom. The van der Waals surface area contributed by atoms with E-state index in [-0.39, 0.29) is 16.3 Å². The third-order valence-corrected chi connectivity index (χ3v) is 7.35. The first-order valence-corrected chi connectivity index (χ1v) is 8.84. The van der Waals surface area contributed by atoms with Crippen molar-refractivity contribution in [3.8, 4) is 0 Å². The van der Waals surface area contributed by atoms with Crippen LogP contribution in [0.25, 0.3) is 0 Å². The van der Waals surface area contributed by atoms with Crippen LogP contribution in [0.5, 0.6) is 0 Å². The maximum absolute atomic E-state index is 12.7. The fraction of sp³-hybridized carbons (Fsp3) is 0.545. The summed E-state index contributed by atoms with van der Waals surface area (Å²) in [5.41, 5.74) is -0.665. The smallest absolute Gasteiger partial charge is 0.345 e. The van der Waals surface area contributed by atoms with Crippen molar-refractivity contribution < 1.29 is 23.1 Å². The number of thiophene rings is 1. The molecule has 2 rings (SSSR count). The molecule has 20 heavy (non-hydrogen) atoms. The summed E-state index contributed by atoms with van der Waals surface area (Å²) < 4.78 is 32.4. The van der Waals surface area contributed by atoms with Gasteiger partial charge in [-0.1, -0.05) is 0 Å². The quantitative estimate of drug-likeness (QED) is 0.862. The Morgan fingerprint density at radius 1 is 1.55 bits per heavy atom. The highest BCUT2D eigenvalue weighted by Gasteiger charge is 2.41. The van der Waals surface area contributed by atoms with Crippen LogP contribution >= 0.6 is 27.3 Å². The summed E-state index contributed by atoms with van der Waals surface area (Å²) in [6.07, 6.45) is 0. The minimum absolute atomic E-state index is 0.00475. The Bertz CT molecular complexity index is 637. The first kappa shape index (κ1) is 15.9. The van der Waals surface area contributed by atoms with Crippen molar-refractivity contribution in [3.05, 3.63) is 14.7 Å². The van der Waals surface area contributed by atoms with E-state index >= 15 is 0 Å². The van der Waals surface area contributed by atoms with Gasteiger partial charge in [-0.3, -0.25) is 0 Å². The number of rotatable bonds is 3. The lowest BCUT2D eigenvalue weighted by Crippen LogP contribution is -2.55. The molecule has 0 aromatic carbocycles. The van der Waals surface area contributed by atoms with Crippen LogP contribution in [0.3, 0.4) is 0 Å². The van der Waals surface area contributed by atoms with Crippen molar-refractivity contribution in [3.63, 3.8) is 0 Å². The van der Waals surface area contributed by atoms with Crippen LogP contribution in [-0.4, -0.2) is 49.1 Å². The topological polar surface area (TPSA) is 83.9 Å². The molecule has 1 aliphatic rings. The molecule has 1 aliphatic heterocycles. The number of carbonyl (C=O) groups is 1. The number of hydrogen-bond acceptors (Lipinski definition) is 5. The minimum Gasteiger partial charge on any atom is -0.477 e. The zero-order valence-electron chi connectivity index (χ0n) is 10.9. The van der Waals surface area contributed by atoms with Gasteiger partial charge in [0.05, 0.1) is 22.5 Å². The summed E-state index contributed by atoms with van der Waals surface area (Å²) in [6.45, 7) is 4.44. The average Bonchev–Trinajstić information content (AvgIpc) is 2.71. The number of halogens is 1. The third kappa shape index (κ3) is 2.77. The number of carboxylic acid groups (broad SMARTS) is 1. The summed E-state index contributed by atoms with van der Waals surface area (Å²) in [7, 11) is -3.76. The Hall–Kier alpha value is -0.480. The monoisotopic (exact) mass is 383 g/mol. The first-order valence-electron chi connectivity index (χ1n) is 5.79. The third-order valence-electron chi connectivity index (χ3n) is 3.00. The SMILES string of the molecule is CC1(C)COCCN1S(=O)(=O)c1cc(C(=O)O)sc1Br. The van der Waals surface area contributed by atoms with E-state index in [1.807, 2.05) is 0 Å². The molecular weight excluding hydrogens is 370 g/mol. The molecule has 0 unspecified atom stereocenters. The summed E-state index contributed by atoms with van der Waals surface area (Å²) in [6, 6.07) is 1.19. The van der Waals surface area contributed by atoms with Gasteiger partial charge >= 0.3 is 5.97 Å². The molecule has 6 nitrogen and oxygen atoms in total. The maximum atomic E-state index is 12.7. The standard InChI is InChI=1S/C11H14BrNO5S2/c1-11(2)6-18-4-3-13(11)20(16,17)8-5-7(10(14)15)19-9(8)12/h5H,3-4,6H2,1-2H3,(H,14,15). The van der Waals surface area contributed by atoms with Crippen LogP contribution in [0.15, 0.2) is 14.7 Å². The van der Waals surface area contributed by atoms with Gasteiger partial charge in [0.1, 0.15) is 9.77 Å². The van der Waals surface area contributed by atoms with E-state index in [4.69, 9.17) is 9.84 Å². The van der Waals surface area contributed by atoms with Gasteiger partial charge in [0, 0.05) is 6.54 Å². The lowest BCUT2D eigenvalue weighted by Gasteiger charge is -2.40. The molecule has 0 atom stereocenters. The summed E-state index contributed by atoms with van der Waals surface area (Å²) in [5.74, 6) is -1.14. The fourth-order valence-corrected chi connectivity index (χ4v) is 6.15. The number of ether oxygens (including phenoxy) is 1. The van der Waals surface area contributed by atoms with Gasteiger partial charge in [-0.2, -0.15) is 4.31 Å². The Kier molecular flexibility index (Phi) is 4.27. The van der Waals surface area contributed by atoms with Crippen LogP contribution in [-0.2, 0) is 14.8 Å². The predicted molar refractivity (Wildman–Crippen MR) is 77.8 cm³/mol.